The molecule has 1 radical (unpaired) electrons. The van der Waals surface area contributed by atoms with Crippen LogP contribution in [0.4, 0.5) is 0 Å². The van der Waals surface area contributed by atoms with E-state index >= 15 is 0 Å². The molecule has 1 aromatic carbocycles. The van der Waals surface area contributed by atoms with E-state index in [4.69, 9.17) is 11.6 Å². The maximum atomic E-state index is 10.3. The van der Waals surface area contributed by atoms with Gasteiger partial charge >= 0.3 is 0 Å². The molecule has 0 aliphatic rings. The van der Waals surface area contributed by atoms with Crippen molar-refractivity contribution in [2.45, 2.75) is 5.75 Å². The summed E-state index contributed by atoms with van der Waals surface area (Å²) in [6, 6.07) is 6.36. The van der Waals surface area contributed by atoms with Gasteiger partial charge in [-0.1, -0.05) is 34.4 Å². The van der Waals surface area contributed by atoms with Crippen LogP contribution in [-0.4, -0.2) is 8.42 Å². The van der Waals surface area contributed by atoms with Gasteiger partial charge in [-0.3, -0.25) is 0 Å². The van der Waals surface area contributed by atoms with Crippen molar-refractivity contribution in [3.63, 3.8) is 0 Å². The lowest BCUT2D eigenvalue weighted by molar-refractivity contribution is 0.413. The van der Waals surface area contributed by atoms with Crippen molar-refractivity contribution in [1.29, 1.82) is 0 Å². The summed E-state index contributed by atoms with van der Waals surface area (Å²) in [5.74, 6) is -0.549. The number of benzene rings is 1. The number of halogens is 1. The second kappa shape index (κ2) is 3.43. The zero-order chi connectivity index (χ0) is 9.19. The molecule has 1 rings (SSSR count). The summed E-state index contributed by atoms with van der Waals surface area (Å²) in [5.41, 5.74) is 0.342. The van der Waals surface area contributed by atoms with E-state index in [2.05, 4.69) is 0 Å². The molecular weight excluding hydrogens is 200 g/mol. The molecule has 0 aliphatic carbocycles. The van der Waals surface area contributed by atoms with Gasteiger partial charge in [0.05, 0.1) is 0 Å². The smallest absolute Gasteiger partial charge is 0.197 e. The maximum Gasteiger partial charge on any atom is 0.298 e. The molecule has 0 saturated heterocycles. The Kier molecular flexibility index (Phi) is 2.72. The Hall–Kier alpha value is -0.580. The molecule has 3 nitrogen and oxygen atoms in total. The lowest BCUT2D eigenvalue weighted by Gasteiger charge is -1.98. The topological polar surface area (TPSA) is 54.0 Å². The first-order valence-electron chi connectivity index (χ1n) is 3.16. The van der Waals surface area contributed by atoms with E-state index in [1.165, 1.54) is 6.07 Å². The van der Waals surface area contributed by atoms with E-state index in [9.17, 15) is 13.0 Å². The quantitative estimate of drug-likeness (QED) is 0.737. The van der Waals surface area contributed by atoms with Gasteiger partial charge in [0.1, 0.15) is 5.75 Å². The van der Waals surface area contributed by atoms with Gasteiger partial charge in [-0.15, -0.1) is 0 Å². The standard InChI is InChI=1S/C7H6ClO3S/c8-7-4-2-1-3-6(7)5-12(9,10)11/h1-4H,5H2. The van der Waals surface area contributed by atoms with Crippen molar-refractivity contribution in [2.24, 2.45) is 0 Å². The average Bonchev–Trinajstić information content (AvgIpc) is 1.91. The first-order valence-corrected chi connectivity index (χ1v) is 5.11. The third-order valence-corrected chi connectivity index (χ3v) is 2.32. The van der Waals surface area contributed by atoms with Crippen molar-refractivity contribution >= 4 is 21.7 Å². The van der Waals surface area contributed by atoms with Crippen LogP contribution in [0, 0.1) is 0 Å². The molecule has 5 heteroatoms. The van der Waals surface area contributed by atoms with E-state index in [1.807, 2.05) is 0 Å². The third kappa shape index (κ3) is 2.81. The summed E-state index contributed by atoms with van der Waals surface area (Å²) in [4.78, 5) is 0. The van der Waals surface area contributed by atoms with Crippen LogP contribution in [0.1, 0.15) is 5.56 Å². The molecule has 0 spiro atoms. The predicted molar refractivity (Wildman–Crippen MR) is 44.8 cm³/mol. The van der Waals surface area contributed by atoms with Crippen LogP contribution in [0.3, 0.4) is 0 Å². The predicted octanol–water partition coefficient (Wildman–Crippen LogP) is 1.60. The molecule has 0 saturated carbocycles. The van der Waals surface area contributed by atoms with Gasteiger partial charge in [0.2, 0.25) is 0 Å². The Labute approximate surface area is 75.7 Å². The highest BCUT2D eigenvalue weighted by molar-refractivity contribution is 7.84. The normalized spacial score (nSPS) is 11.5. The monoisotopic (exact) mass is 205 g/mol. The van der Waals surface area contributed by atoms with Crippen molar-refractivity contribution in [3.05, 3.63) is 34.9 Å². The minimum absolute atomic E-state index is 0.303. The van der Waals surface area contributed by atoms with E-state index in [0.717, 1.165) is 0 Å². The first-order chi connectivity index (χ1) is 5.49. The third-order valence-electron chi connectivity index (χ3n) is 1.29. The van der Waals surface area contributed by atoms with E-state index in [1.54, 1.807) is 18.2 Å². The minimum Gasteiger partial charge on any atom is -0.197 e. The average molecular weight is 206 g/mol. The van der Waals surface area contributed by atoms with Gasteiger partial charge in [-0.05, 0) is 11.6 Å². The van der Waals surface area contributed by atoms with Crippen molar-refractivity contribution < 1.29 is 13.0 Å². The summed E-state index contributed by atoms with van der Waals surface area (Å²) < 4.78 is 31.0. The Bertz CT molecular complexity index is 372. The summed E-state index contributed by atoms with van der Waals surface area (Å²) in [6.45, 7) is 0. The van der Waals surface area contributed by atoms with Crippen LogP contribution >= 0.6 is 11.6 Å². The van der Waals surface area contributed by atoms with Crippen LogP contribution in [0.15, 0.2) is 24.3 Å². The molecule has 1 aromatic rings. The molecular formula is C7H6ClO3S. The van der Waals surface area contributed by atoms with E-state index in [0.29, 0.717) is 10.6 Å². The molecule has 0 amide bonds. The van der Waals surface area contributed by atoms with Crippen molar-refractivity contribution in [2.75, 3.05) is 0 Å². The highest BCUT2D eigenvalue weighted by Gasteiger charge is 2.10. The lowest BCUT2D eigenvalue weighted by Crippen LogP contribution is -1.99. The Morgan fingerprint density at radius 1 is 1.25 bits per heavy atom. The van der Waals surface area contributed by atoms with Gasteiger partial charge in [0.15, 0.2) is 0 Å². The van der Waals surface area contributed by atoms with Gasteiger partial charge < -0.3 is 0 Å². The largest absolute Gasteiger partial charge is 0.298 e. The second-order valence-electron chi connectivity index (χ2n) is 2.29. The highest BCUT2D eigenvalue weighted by atomic mass is 35.5. The fourth-order valence-electron chi connectivity index (χ4n) is 0.806. The molecule has 0 fully saturated rings. The van der Waals surface area contributed by atoms with Gasteiger partial charge in [0.25, 0.3) is 10.1 Å². The van der Waals surface area contributed by atoms with Crippen LogP contribution in [-0.2, 0) is 20.4 Å². The fourth-order valence-corrected chi connectivity index (χ4v) is 1.72. The molecule has 12 heavy (non-hydrogen) atoms. The maximum absolute atomic E-state index is 10.3. The van der Waals surface area contributed by atoms with Crippen LogP contribution in [0.2, 0.25) is 5.02 Å². The van der Waals surface area contributed by atoms with Crippen LogP contribution in [0.5, 0.6) is 0 Å². The Balaban J connectivity index is 2.98. The van der Waals surface area contributed by atoms with Crippen LogP contribution in [0.25, 0.3) is 0 Å². The van der Waals surface area contributed by atoms with Gasteiger partial charge in [-0.2, -0.15) is 8.42 Å². The van der Waals surface area contributed by atoms with Crippen molar-refractivity contribution in [3.8, 4) is 0 Å². The number of hydrogen-bond donors (Lipinski definition) is 0. The second-order valence-corrected chi connectivity index (χ2v) is 4.10. The molecule has 0 aliphatic heterocycles. The summed E-state index contributed by atoms with van der Waals surface area (Å²) >= 11 is 5.63. The summed E-state index contributed by atoms with van der Waals surface area (Å²) in [7, 11) is -4.23. The summed E-state index contributed by atoms with van der Waals surface area (Å²) in [6.07, 6.45) is 0. The molecule has 0 heterocycles. The van der Waals surface area contributed by atoms with Crippen LogP contribution < -0.4 is 0 Å². The lowest BCUT2D eigenvalue weighted by atomic mass is 10.2. The number of hydrogen-bond acceptors (Lipinski definition) is 2. The Morgan fingerprint density at radius 2 is 1.83 bits per heavy atom. The fraction of sp³-hybridized carbons (Fsp3) is 0.143. The zero-order valence-electron chi connectivity index (χ0n) is 6.03. The van der Waals surface area contributed by atoms with Crippen molar-refractivity contribution in [1.82, 2.24) is 0 Å². The van der Waals surface area contributed by atoms with Gasteiger partial charge in [0, 0.05) is 5.02 Å². The van der Waals surface area contributed by atoms with E-state index in [-0.39, 0.29) is 0 Å². The van der Waals surface area contributed by atoms with E-state index < -0.39 is 15.9 Å². The van der Waals surface area contributed by atoms with Gasteiger partial charge in [-0.25, -0.2) is 0 Å². The minimum atomic E-state index is -4.23. The first kappa shape index (κ1) is 9.51. The molecule has 0 unspecified atom stereocenters. The molecule has 0 atom stereocenters. The Morgan fingerprint density at radius 3 is 2.33 bits per heavy atom. The summed E-state index contributed by atoms with van der Waals surface area (Å²) in [5, 5.41) is 0.303. The number of rotatable bonds is 2. The molecule has 0 N–H and O–H groups in total. The molecule has 0 aromatic heterocycles. The molecule has 0 bridgehead atoms. The SMILES string of the molecule is [O]S(=O)(=O)Cc1ccccc1Cl. The molecule has 65 valence electrons. The zero-order valence-corrected chi connectivity index (χ0v) is 7.60. The highest BCUT2D eigenvalue weighted by Crippen LogP contribution is 2.16.